The van der Waals surface area contributed by atoms with E-state index in [0.29, 0.717) is 51.7 Å². The van der Waals surface area contributed by atoms with Crippen LogP contribution >= 0.6 is 0 Å². The fourth-order valence-electron chi connectivity index (χ4n) is 6.85. The molecule has 3 aliphatic heterocycles. The molecule has 3 aromatic carbocycles. The van der Waals surface area contributed by atoms with Gasteiger partial charge in [0.2, 0.25) is 0 Å². The summed E-state index contributed by atoms with van der Waals surface area (Å²) in [5.74, 6) is 5.53. The summed E-state index contributed by atoms with van der Waals surface area (Å²) in [6, 6.07) is 11.5. The molecule has 0 fully saturated rings. The number of methoxy groups -OCH3 is 6. The summed E-state index contributed by atoms with van der Waals surface area (Å²) >= 11 is 0. The van der Waals surface area contributed by atoms with Gasteiger partial charge in [0.15, 0.2) is 34.5 Å². The molecule has 0 saturated heterocycles. The van der Waals surface area contributed by atoms with Gasteiger partial charge in [0.05, 0.1) is 42.7 Å². The van der Waals surface area contributed by atoms with Gasteiger partial charge in [0.25, 0.3) is 0 Å². The quantitative estimate of drug-likeness (QED) is 0.238. The highest BCUT2D eigenvalue weighted by atomic mass is 16.5. The molecule has 0 atom stereocenters. The lowest BCUT2D eigenvalue weighted by molar-refractivity contribution is 0.139. The Balaban J connectivity index is 1.76. The first-order valence-electron chi connectivity index (χ1n) is 15.8. The number of hydrogen-bond acceptors (Lipinski definition) is 9. The minimum Gasteiger partial charge on any atom is -0.493 e. The second kappa shape index (κ2) is 11.6. The Bertz CT molecular complexity index is 1890. The zero-order valence-electron chi connectivity index (χ0n) is 29.8. The predicted octanol–water partition coefficient (Wildman–Crippen LogP) is 8.17. The monoisotopic (exact) mass is 656 g/mol. The lowest BCUT2D eigenvalue weighted by atomic mass is 9.72. The van der Waals surface area contributed by atoms with Crippen molar-refractivity contribution in [1.82, 2.24) is 0 Å². The summed E-state index contributed by atoms with van der Waals surface area (Å²) in [5, 5.41) is 0. The summed E-state index contributed by atoms with van der Waals surface area (Å²) < 4.78 is 54.5. The van der Waals surface area contributed by atoms with Gasteiger partial charge in [-0.05, 0) is 77.5 Å². The van der Waals surface area contributed by atoms with Gasteiger partial charge < -0.3 is 42.6 Å². The van der Waals surface area contributed by atoms with Crippen molar-refractivity contribution < 1.29 is 42.6 Å². The zero-order chi connectivity index (χ0) is 34.8. The molecule has 0 amide bonds. The van der Waals surface area contributed by atoms with E-state index >= 15 is 0 Å². The molecular weight excluding hydrogens is 612 g/mol. The van der Waals surface area contributed by atoms with E-state index in [1.807, 2.05) is 50.2 Å². The van der Waals surface area contributed by atoms with Gasteiger partial charge >= 0.3 is 0 Å². The lowest BCUT2D eigenvalue weighted by Crippen LogP contribution is -2.41. The van der Waals surface area contributed by atoms with Crippen molar-refractivity contribution in [2.45, 2.75) is 58.3 Å². The van der Waals surface area contributed by atoms with Crippen molar-refractivity contribution in [3.8, 4) is 51.7 Å². The van der Waals surface area contributed by atoms with Crippen molar-refractivity contribution >= 4 is 17.2 Å². The number of fused-ring (bicyclic) bond motifs is 3. The minimum atomic E-state index is -0.847. The molecule has 0 unspecified atom stereocenters. The Labute approximate surface area is 282 Å². The standard InChI is InChI=1S/C39H44O9/c1-37(2)20-24(22-15-30(41-8)33(44-11)18-27(22)46-37)36-35(23-16-31(42-9)34(45-12)19-28(23)48-39(36,5)6)25-13-21-14-29(40-7)32(43-10)17-26(21)47-38(25,3)4/h13-20H,1-12H3. The molecule has 3 aliphatic rings. The summed E-state index contributed by atoms with van der Waals surface area (Å²) in [5.41, 5.74) is 3.99. The van der Waals surface area contributed by atoms with Crippen LogP contribution in [0.25, 0.3) is 17.2 Å². The van der Waals surface area contributed by atoms with Crippen LogP contribution in [0.1, 0.15) is 58.2 Å². The third-order valence-electron chi connectivity index (χ3n) is 8.98. The van der Waals surface area contributed by atoms with Crippen molar-refractivity contribution in [2.24, 2.45) is 0 Å². The third-order valence-corrected chi connectivity index (χ3v) is 8.98. The van der Waals surface area contributed by atoms with Crippen LogP contribution in [0.4, 0.5) is 0 Å². The maximum Gasteiger partial charge on any atom is 0.164 e. The van der Waals surface area contributed by atoms with Crippen LogP contribution in [-0.2, 0) is 0 Å². The lowest BCUT2D eigenvalue weighted by Gasteiger charge is -2.44. The van der Waals surface area contributed by atoms with Gasteiger partial charge in [-0.2, -0.15) is 0 Å². The smallest absolute Gasteiger partial charge is 0.164 e. The number of ether oxygens (including phenoxy) is 9. The molecule has 48 heavy (non-hydrogen) atoms. The maximum atomic E-state index is 6.90. The molecule has 254 valence electrons. The van der Waals surface area contributed by atoms with Gasteiger partial charge in [-0.25, -0.2) is 0 Å². The van der Waals surface area contributed by atoms with Crippen molar-refractivity contribution in [1.29, 1.82) is 0 Å². The van der Waals surface area contributed by atoms with E-state index in [9.17, 15) is 0 Å². The summed E-state index contributed by atoms with van der Waals surface area (Å²) in [4.78, 5) is 0. The van der Waals surface area contributed by atoms with Gasteiger partial charge in [-0.1, -0.05) is 0 Å². The molecule has 3 heterocycles. The second-order valence-electron chi connectivity index (χ2n) is 13.4. The van der Waals surface area contributed by atoms with Crippen molar-refractivity contribution in [3.63, 3.8) is 0 Å². The Morgan fingerprint density at radius 2 is 0.917 bits per heavy atom. The van der Waals surface area contributed by atoms with Crippen LogP contribution in [0.5, 0.6) is 51.7 Å². The van der Waals surface area contributed by atoms with Gasteiger partial charge in [-0.15, -0.1) is 0 Å². The van der Waals surface area contributed by atoms with E-state index in [0.717, 1.165) is 39.0 Å². The molecule has 0 saturated carbocycles. The fraction of sp³-hybridized carbons (Fsp3) is 0.385. The van der Waals surface area contributed by atoms with Crippen molar-refractivity contribution in [3.05, 3.63) is 70.3 Å². The Morgan fingerprint density at radius 1 is 0.479 bits per heavy atom. The molecule has 0 radical (unpaired) electrons. The van der Waals surface area contributed by atoms with Gasteiger partial charge in [0.1, 0.15) is 34.1 Å². The van der Waals surface area contributed by atoms with Crippen molar-refractivity contribution in [2.75, 3.05) is 42.7 Å². The van der Waals surface area contributed by atoms with Gasteiger partial charge in [-0.3, -0.25) is 0 Å². The summed E-state index contributed by atoms with van der Waals surface area (Å²) in [7, 11) is 9.73. The first-order valence-corrected chi connectivity index (χ1v) is 15.8. The van der Waals surface area contributed by atoms with Crippen LogP contribution in [-0.4, -0.2) is 59.5 Å². The Morgan fingerprint density at radius 3 is 1.46 bits per heavy atom. The largest absolute Gasteiger partial charge is 0.493 e. The molecule has 6 rings (SSSR count). The van der Waals surface area contributed by atoms with Crippen LogP contribution in [0, 0.1) is 0 Å². The highest BCUT2D eigenvalue weighted by molar-refractivity contribution is 6.03. The number of rotatable bonds is 8. The van der Waals surface area contributed by atoms with Crippen LogP contribution in [0.3, 0.4) is 0 Å². The second-order valence-corrected chi connectivity index (χ2v) is 13.4. The summed E-state index contributed by atoms with van der Waals surface area (Å²) in [6.45, 7) is 12.4. The Hall–Kier alpha value is -4.92. The molecule has 0 N–H and O–H groups in total. The topological polar surface area (TPSA) is 83.1 Å². The van der Waals surface area contributed by atoms with E-state index in [-0.39, 0.29) is 0 Å². The molecule has 9 nitrogen and oxygen atoms in total. The normalized spacial score (nSPS) is 17.9. The van der Waals surface area contributed by atoms with E-state index in [4.69, 9.17) is 42.6 Å². The minimum absolute atomic E-state index is 0.568. The van der Waals surface area contributed by atoms with E-state index < -0.39 is 16.8 Å². The zero-order valence-corrected chi connectivity index (χ0v) is 29.8. The molecule has 0 aliphatic carbocycles. The average molecular weight is 657 g/mol. The highest BCUT2D eigenvalue weighted by Gasteiger charge is 2.46. The van der Waals surface area contributed by atoms with Crippen LogP contribution in [0.2, 0.25) is 0 Å². The third kappa shape index (κ3) is 5.35. The van der Waals surface area contributed by atoms with Gasteiger partial charge in [0, 0.05) is 51.6 Å². The van der Waals surface area contributed by atoms with Crippen LogP contribution in [0.15, 0.2) is 53.6 Å². The van der Waals surface area contributed by atoms with E-state index in [1.165, 1.54) is 0 Å². The molecule has 0 bridgehead atoms. The molecule has 0 spiro atoms. The predicted molar refractivity (Wildman–Crippen MR) is 186 cm³/mol. The van der Waals surface area contributed by atoms with E-state index in [2.05, 4.69) is 39.8 Å². The first kappa shape index (κ1) is 33.0. The number of benzene rings is 3. The highest BCUT2D eigenvalue weighted by Crippen LogP contribution is 2.57. The Kier molecular flexibility index (Phi) is 8.01. The summed E-state index contributed by atoms with van der Waals surface area (Å²) in [6.07, 6.45) is 4.31. The molecule has 9 heteroatoms. The number of hydrogen-bond donors (Lipinski definition) is 0. The van der Waals surface area contributed by atoms with Crippen LogP contribution < -0.4 is 42.6 Å². The van der Waals surface area contributed by atoms with E-state index in [1.54, 1.807) is 42.7 Å². The molecule has 3 aromatic rings. The fourth-order valence-corrected chi connectivity index (χ4v) is 6.85. The maximum absolute atomic E-state index is 6.90. The molecule has 0 aromatic heterocycles. The first-order chi connectivity index (χ1) is 22.7. The average Bonchev–Trinajstić information content (AvgIpc) is 3.04. The molecular formula is C39H44O9. The SMILES string of the molecule is COc1cc2c(cc1OC)OC(C)(C)C(C1=C(C3=CC(C)(C)Oc4cc(OC)c(OC)cc43)C(C)(C)Oc3cc(OC)c(OC)cc31)=C2.